The first-order chi connectivity index (χ1) is 12.0. The summed E-state index contributed by atoms with van der Waals surface area (Å²) in [5.41, 5.74) is 1.95. The van der Waals surface area contributed by atoms with Gasteiger partial charge in [0.25, 0.3) is 0 Å². The highest BCUT2D eigenvalue weighted by Gasteiger charge is 2.35. The Labute approximate surface area is 148 Å². The molecule has 1 saturated carbocycles. The molecule has 6 heteroatoms. The van der Waals surface area contributed by atoms with Crippen LogP contribution in [0.1, 0.15) is 24.0 Å². The number of piperazine rings is 1. The molecule has 0 N–H and O–H groups in total. The van der Waals surface area contributed by atoms with Crippen molar-refractivity contribution < 1.29 is 19.1 Å². The highest BCUT2D eigenvalue weighted by molar-refractivity contribution is 5.82. The first kappa shape index (κ1) is 17.6. The topological polar surface area (TPSA) is 59.1 Å². The number of hydrogen-bond donors (Lipinski definition) is 0. The third kappa shape index (κ3) is 3.89. The Hall–Kier alpha value is -2.24. The number of benzene rings is 1. The second kappa shape index (κ2) is 7.33. The second-order valence-electron chi connectivity index (χ2n) is 6.79. The molecular formula is C19H26N2O4. The monoisotopic (exact) mass is 346 g/mol. The van der Waals surface area contributed by atoms with E-state index in [2.05, 4.69) is 0 Å². The first-order valence-electron chi connectivity index (χ1n) is 8.81. The van der Waals surface area contributed by atoms with E-state index in [1.54, 1.807) is 14.2 Å². The van der Waals surface area contributed by atoms with Crippen LogP contribution in [0.5, 0.6) is 11.5 Å². The highest BCUT2D eigenvalue weighted by atomic mass is 16.5. The van der Waals surface area contributed by atoms with Crippen LogP contribution in [0.25, 0.3) is 0 Å². The van der Waals surface area contributed by atoms with Gasteiger partial charge in [0.15, 0.2) is 11.5 Å². The molecule has 1 aliphatic carbocycles. The Morgan fingerprint density at radius 1 is 1.00 bits per heavy atom. The van der Waals surface area contributed by atoms with Crippen LogP contribution in [0.3, 0.4) is 0 Å². The molecule has 1 aliphatic heterocycles. The average Bonchev–Trinajstić information content (AvgIpc) is 3.47. The molecule has 0 aromatic heterocycles. The summed E-state index contributed by atoms with van der Waals surface area (Å²) in [5.74, 6) is 1.91. The van der Waals surface area contributed by atoms with Crippen molar-refractivity contribution in [1.82, 2.24) is 9.80 Å². The molecule has 0 spiro atoms. The zero-order chi connectivity index (χ0) is 18.0. The SMILES string of the molecule is COc1cc(C)c(CC(=O)N2CCN(C(=O)C3CC3)CC2)cc1OC. The van der Waals surface area contributed by atoms with E-state index >= 15 is 0 Å². The Morgan fingerprint density at radius 3 is 2.12 bits per heavy atom. The van der Waals surface area contributed by atoms with Crippen LogP contribution in [0, 0.1) is 12.8 Å². The molecule has 136 valence electrons. The van der Waals surface area contributed by atoms with Crippen LogP contribution in [0.4, 0.5) is 0 Å². The van der Waals surface area contributed by atoms with Crippen molar-refractivity contribution in [3.8, 4) is 11.5 Å². The van der Waals surface area contributed by atoms with Gasteiger partial charge in [-0.25, -0.2) is 0 Å². The van der Waals surface area contributed by atoms with E-state index in [1.165, 1.54) is 0 Å². The van der Waals surface area contributed by atoms with Crippen molar-refractivity contribution in [3.05, 3.63) is 23.3 Å². The van der Waals surface area contributed by atoms with Gasteiger partial charge in [-0.1, -0.05) is 0 Å². The number of carbonyl (C=O) groups excluding carboxylic acids is 2. The molecular weight excluding hydrogens is 320 g/mol. The van der Waals surface area contributed by atoms with Crippen LogP contribution in [0.15, 0.2) is 12.1 Å². The first-order valence-corrected chi connectivity index (χ1v) is 8.81. The largest absolute Gasteiger partial charge is 0.493 e. The van der Waals surface area contributed by atoms with Gasteiger partial charge in [0.1, 0.15) is 0 Å². The lowest BCUT2D eigenvalue weighted by Crippen LogP contribution is -2.51. The van der Waals surface area contributed by atoms with E-state index in [1.807, 2.05) is 28.9 Å². The molecule has 25 heavy (non-hydrogen) atoms. The van der Waals surface area contributed by atoms with Gasteiger partial charge in [-0.3, -0.25) is 9.59 Å². The summed E-state index contributed by atoms with van der Waals surface area (Å²) in [5, 5.41) is 0. The van der Waals surface area contributed by atoms with Crippen LogP contribution in [0.2, 0.25) is 0 Å². The molecule has 0 radical (unpaired) electrons. The quantitative estimate of drug-likeness (QED) is 0.813. The molecule has 6 nitrogen and oxygen atoms in total. The molecule has 1 aromatic rings. The predicted molar refractivity (Wildman–Crippen MR) is 93.9 cm³/mol. The van der Waals surface area contributed by atoms with Crippen molar-refractivity contribution in [3.63, 3.8) is 0 Å². The van der Waals surface area contributed by atoms with Gasteiger partial charge in [-0.2, -0.15) is 0 Å². The second-order valence-corrected chi connectivity index (χ2v) is 6.79. The number of methoxy groups -OCH3 is 2. The number of rotatable bonds is 5. The summed E-state index contributed by atoms with van der Waals surface area (Å²) >= 11 is 0. The maximum atomic E-state index is 12.6. The summed E-state index contributed by atoms with van der Waals surface area (Å²) in [6.07, 6.45) is 2.38. The minimum absolute atomic E-state index is 0.0915. The minimum atomic E-state index is 0.0915. The molecule has 2 amide bonds. The number of aryl methyl sites for hydroxylation is 1. The Balaban J connectivity index is 1.60. The molecule has 0 atom stereocenters. The van der Waals surface area contributed by atoms with Gasteiger partial charge in [0.2, 0.25) is 11.8 Å². The van der Waals surface area contributed by atoms with E-state index in [-0.39, 0.29) is 17.7 Å². The molecule has 3 rings (SSSR count). The predicted octanol–water partition coefficient (Wildman–Crippen LogP) is 1.64. The van der Waals surface area contributed by atoms with Crippen LogP contribution >= 0.6 is 0 Å². The Morgan fingerprint density at radius 2 is 1.56 bits per heavy atom. The van der Waals surface area contributed by atoms with Gasteiger partial charge in [-0.05, 0) is 43.0 Å². The zero-order valence-electron chi connectivity index (χ0n) is 15.2. The number of carbonyl (C=O) groups is 2. The summed E-state index contributed by atoms with van der Waals surface area (Å²) in [6, 6.07) is 3.77. The lowest BCUT2D eigenvalue weighted by molar-refractivity contribution is -0.140. The molecule has 2 fully saturated rings. The van der Waals surface area contributed by atoms with Gasteiger partial charge < -0.3 is 19.3 Å². The molecule has 1 aromatic carbocycles. The van der Waals surface area contributed by atoms with Gasteiger partial charge >= 0.3 is 0 Å². The fraction of sp³-hybridized carbons (Fsp3) is 0.579. The maximum absolute atomic E-state index is 12.6. The van der Waals surface area contributed by atoms with E-state index in [0.29, 0.717) is 44.1 Å². The standard InChI is InChI=1S/C19H26N2O4/c1-13-10-16(24-2)17(25-3)11-15(13)12-18(22)20-6-8-21(9-7-20)19(23)14-4-5-14/h10-11,14H,4-9,12H2,1-3H3. The summed E-state index contributed by atoms with van der Waals surface area (Å²) < 4.78 is 10.6. The summed E-state index contributed by atoms with van der Waals surface area (Å²) in [4.78, 5) is 28.5. The maximum Gasteiger partial charge on any atom is 0.227 e. The van der Waals surface area contributed by atoms with Crippen LogP contribution in [-0.4, -0.2) is 62.0 Å². The normalized spacial score (nSPS) is 17.4. The van der Waals surface area contributed by atoms with Crippen molar-refractivity contribution in [2.45, 2.75) is 26.2 Å². The average molecular weight is 346 g/mol. The highest BCUT2D eigenvalue weighted by Crippen LogP contribution is 2.32. The fourth-order valence-electron chi connectivity index (χ4n) is 3.25. The third-order valence-electron chi connectivity index (χ3n) is 5.05. The van der Waals surface area contributed by atoms with Crippen molar-refractivity contribution in [1.29, 1.82) is 0 Å². The van der Waals surface area contributed by atoms with Gasteiger partial charge in [0.05, 0.1) is 20.6 Å². The summed E-state index contributed by atoms with van der Waals surface area (Å²) in [6.45, 7) is 4.49. The number of nitrogens with zero attached hydrogens (tertiary/aromatic N) is 2. The lowest BCUT2D eigenvalue weighted by atomic mass is 10.0. The molecule has 0 bridgehead atoms. The van der Waals surface area contributed by atoms with Crippen molar-refractivity contribution >= 4 is 11.8 Å². The molecule has 2 aliphatic rings. The summed E-state index contributed by atoms with van der Waals surface area (Å²) in [7, 11) is 3.19. The van der Waals surface area contributed by atoms with E-state index in [9.17, 15) is 9.59 Å². The molecule has 1 heterocycles. The Bertz CT molecular complexity index is 662. The fourth-order valence-corrected chi connectivity index (χ4v) is 3.25. The van der Waals surface area contributed by atoms with E-state index < -0.39 is 0 Å². The molecule has 0 unspecified atom stereocenters. The number of hydrogen-bond acceptors (Lipinski definition) is 4. The number of amides is 2. The number of ether oxygens (including phenoxy) is 2. The zero-order valence-corrected chi connectivity index (χ0v) is 15.2. The third-order valence-corrected chi connectivity index (χ3v) is 5.05. The molecule has 1 saturated heterocycles. The Kier molecular flexibility index (Phi) is 5.16. The minimum Gasteiger partial charge on any atom is -0.493 e. The lowest BCUT2D eigenvalue weighted by Gasteiger charge is -2.35. The van der Waals surface area contributed by atoms with Crippen LogP contribution < -0.4 is 9.47 Å². The van der Waals surface area contributed by atoms with E-state index in [4.69, 9.17) is 9.47 Å². The van der Waals surface area contributed by atoms with Crippen LogP contribution in [-0.2, 0) is 16.0 Å². The smallest absolute Gasteiger partial charge is 0.227 e. The van der Waals surface area contributed by atoms with Crippen molar-refractivity contribution in [2.24, 2.45) is 5.92 Å². The van der Waals surface area contributed by atoms with Gasteiger partial charge in [0, 0.05) is 32.1 Å². The van der Waals surface area contributed by atoms with Gasteiger partial charge in [-0.15, -0.1) is 0 Å². The van der Waals surface area contributed by atoms with Crippen molar-refractivity contribution in [2.75, 3.05) is 40.4 Å². The van der Waals surface area contributed by atoms with E-state index in [0.717, 1.165) is 24.0 Å².